The molecule has 2 aromatic rings. The van der Waals surface area contributed by atoms with Crippen LogP contribution >= 0.6 is 35.3 Å². The lowest BCUT2D eigenvalue weighted by molar-refractivity contribution is -0.119. The van der Waals surface area contributed by atoms with Crippen molar-refractivity contribution in [2.45, 2.75) is 52.1 Å². The predicted octanol–water partition coefficient (Wildman–Crippen LogP) is 4.92. The molecule has 5 nitrogen and oxygen atoms in total. The molecule has 0 saturated heterocycles. The van der Waals surface area contributed by atoms with Crippen LogP contribution in [0.2, 0.25) is 0 Å². The van der Waals surface area contributed by atoms with Crippen LogP contribution in [0.1, 0.15) is 47.9 Å². The third kappa shape index (κ3) is 7.29. The van der Waals surface area contributed by atoms with E-state index in [1.807, 2.05) is 29.5 Å². The third-order valence-electron chi connectivity index (χ3n) is 5.10. The summed E-state index contributed by atoms with van der Waals surface area (Å²) in [6.07, 6.45) is 5.43. The van der Waals surface area contributed by atoms with Gasteiger partial charge in [0.1, 0.15) is 0 Å². The number of hydrogen-bond acceptors (Lipinski definition) is 3. The molecule has 158 valence electrons. The van der Waals surface area contributed by atoms with Crippen LogP contribution in [-0.2, 0) is 24.3 Å². The van der Waals surface area contributed by atoms with Crippen LogP contribution in [0.25, 0.3) is 0 Å². The van der Waals surface area contributed by atoms with E-state index in [0.29, 0.717) is 6.54 Å². The van der Waals surface area contributed by atoms with Crippen molar-refractivity contribution in [2.24, 2.45) is 10.9 Å². The zero-order chi connectivity index (χ0) is 19.8. The summed E-state index contributed by atoms with van der Waals surface area (Å²) in [4.78, 5) is 19.3. The Morgan fingerprint density at radius 2 is 1.83 bits per heavy atom. The quantitative estimate of drug-likeness (QED) is 0.273. The van der Waals surface area contributed by atoms with Gasteiger partial charge in [-0.05, 0) is 49.1 Å². The van der Waals surface area contributed by atoms with Crippen LogP contribution in [0, 0.1) is 5.92 Å². The summed E-state index contributed by atoms with van der Waals surface area (Å²) in [7, 11) is 1.78. The highest BCUT2D eigenvalue weighted by Crippen LogP contribution is 2.26. The Morgan fingerprint density at radius 1 is 1.10 bits per heavy atom. The highest BCUT2D eigenvalue weighted by atomic mass is 127. The van der Waals surface area contributed by atoms with Crippen molar-refractivity contribution in [1.82, 2.24) is 10.6 Å². The van der Waals surface area contributed by atoms with E-state index >= 15 is 0 Å². The van der Waals surface area contributed by atoms with Crippen LogP contribution in [0.5, 0.6) is 0 Å². The Kier molecular flexibility index (Phi) is 9.93. The minimum absolute atomic E-state index is 0. The van der Waals surface area contributed by atoms with Crippen LogP contribution in [0.3, 0.4) is 0 Å². The molecule has 1 aliphatic carbocycles. The maximum atomic E-state index is 12.3. The molecule has 0 atom stereocenters. The molecule has 0 bridgehead atoms. The Balaban J connectivity index is 0.00000300. The number of guanidine groups is 1. The van der Waals surface area contributed by atoms with E-state index in [4.69, 9.17) is 0 Å². The lowest BCUT2D eigenvalue weighted by atomic mass is 10.1. The molecule has 1 aliphatic rings. The minimum atomic E-state index is 0. The average molecular weight is 526 g/mol. The smallest absolute Gasteiger partial charge is 0.227 e. The minimum Gasteiger partial charge on any atom is -0.352 e. The van der Waals surface area contributed by atoms with Crippen molar-refractivity contribution in [3.63, 3.8) is 0 Å². The number of benzene rings is 1. The summed E-state index contributed by atoms with van der Waals surface area (Å²) < 4.78 is 0. The maximum absolute atomic E-state index is 12.3. The molecule has 1 amide bonds. The number of thiophene rings is 1. The van der Waals surface area contributed by atoms with Crippen molar-refractivity contribution in [2.75, 3.05) is 12.4 Å². The number of anilines is 1. The molecule has 3 rings (SSSR count). The molecule has 1 aromatic carbocycles. The van der Waals surface area contributed by atoms with E-state index in [-0.39, 0.29) is 35.8 Å². The Labute approximate surface area is 194 Å². The van der Waals surface area contributed by atoms with Crippen LogP contribution in [0.15, 0.2) is 41.4 Å². The SMILES string of the molecule is CCc1ccc(CNC(=NC)NCc2cccc(NC(=O)C3CCCC3)c2)s1.I. The topological polar surface area (TPSA) is 65.5 Å². The van der Waals surface area contributed by atoms with Gasteiger partial charge in [-0.1, -0.05) is 31.9 Å². The van der Waals surface area contributed by atoms with E-state index < -0.39 is 0 Å². The van der Waals surface area contributed by atoms with Gasteiger partial charge >= 0.3 is 0 Å². The summed E-state index contributed by atoms with van der Waals surface area (Å²) in [5, 5.41) is 9.77. The zero-order valence-corrected chi connectivity index (χ0v) is 20.3. The van der Waals surface area contributed by atoms with Gasteiger partial charge in [-0.15, -0.1) is 35.3 Å². The lowest BCUT2D eigenvalue weighted by Gasteiger charge is -2.13. The number of hydrogen-bond donors (Lipinski definition) is 3. The molecule has 7 heteroatoms. The fraction of sp³-hybridized carbons (Fsp3) is 0.455. The maximum Gasteiger partial charge on any atom is 0.227 e. The molecule has 1 heterocycles. The first-order valence-corrected chi connectivity index (χ1v) is 10.9. The molecule has 1 saturated carbocycles. The number of rotatable bonds is 7. The van der Waals surface area contributed by atoms with Gasteiger partial charge in [-0.3, -0.25) is 9.79 Å². The van der Waals surface area contributed by atoms with Gasteiger partial charge in [0.05, 0.1) is 6.54 Å². The van der Waals surface area contributed by atoms with E-state index in [9.17, 15) is 4.79 Å². The summed E-state index contributed by atoms with van der Waals surface area (Å²) >= 11 is 1.83. The predicted molar refractivity (Wildman–Crippen MR) is 133 cm³/mol. The van der Waals surface area contributed by atoms with Gasteiger partial charge in [0.2, 0.25) is 5.91 Å². The third-order valence-corrected chi connectivity index (χ3v) is 6.33. The summed E-state index contributed by atoms with van der Waals surface area (Å²) in [6, 6.07) is 12.4. The normalized spacial score (nSPS) is 14.3. The van der Waals surface area contributed by atoms with E-state index in [1.54, 1.807) is 7.05 Å². The van der Waals surface area contributed by atoms with Crippen LogP contribution in [-0.4, -0.2) is 18.9 Å². The second-order valence-electron chi connectivity index (χ2n) is 7.17. The van der Waals surface area contributed by atoms with E-state index in [1.165, 1.54) is 22.6 Å². The highest BCUT2D eigenvalue weighted by molar-refractivity contribution is 14.0. The highest BCUT2D eigenvalue weighted by Gasteiger charge is 2.22. The van der Waals surface area contributed by atoms with Gasteiger partial charge < -0.3 is 16.0 Å². The number of halogens is 1. The fourth-order valence-corrected chi connectivity index (χ4v) is 4.37. The lowest BCUT2D eigenvalue weighted by Crippen LogP contribution is -2.36. The monoisotopic (exact) mass is 526 g/mol. The molecule has 1 fully saturated rings. The van der Waals surface area contributed by atoms with Crippen molar-refractivity contribution in [3.8, 4) is 0 Å². The number of aryl methyl sites for hydroxylation is 1. The largest absolute Gasteiger partial charge is 0.352 e. The van der Waals surface area contributed by atoms with Crippen molar-refractivity contribution in [3.05, 3.63) is 51.7 Å². The molecule has 0 spiro atoms. The molecule has 0 aliphatic heterocycles. The zero-order valence-electron chi connectivity index (χ0n) is 17.2. The molecular weight excluding hydrogens is 495 g/mol. The molecule has 1 aromatic heterocycles. The standard InChI is InChI=1S/C22H30N4OS.HI/c1-3-19-11-12-20(28-19)15-25-22(23-2)24-14-16-7-6-10-18(13-16)26-21(27)17-8-4-5-9-17;/h6-7,10-13,17H,3-5,8-9,14-15H2,1-2H3,(H,26,27)(H2,23,24,25);1H. The number of aliphatic imine (C=N–C) groups is 1. The van der Waals surface area contributed by atoms with E-state index in [2.05, 4.69) is 46.1 Å². The van der Waals surface area contributed by atoms with Crippen molar-refractivity contribution < 1.29 is 4.79 Å². The first-order valence-electron chi connectivity index (χ1n) is 10.1. The van der Waals surface area contributed by atoms with Gasteiger partial charge in [0, 0.05) is 35.0 Å². The Morgan fingerprint density at radius 3 is 2.52 bits per heavy atom. The number of nitrogens with zero attached hydrogens (tertiary/aromatic N) is 1. The second-order valence-corrected chi connectivity index (χ2v) is 8.42. The van der Waals surface area contributed by atoms with Crippen LogP contribution < -0.4 is 16.0 Å². The molecule has 0 radical (unpaired) electrons. The summed E-state index contributed by atoms with van der Waals surface area (Å²) in [5.74, 6) is 1.10. The number of carbonyl (C=O) groups is 1. The molecular formula is C22H31IN4OS. The van der Waals surface area contributed by atoms with Gasteiger partial charge in [0.25, 0.3) is 0 Å². The average Bonchev–Trinajstić information content (AvgIpc) is 3.40. The number of nitrogens with one attached hydrogen (secondary N) is 3. The van der Waals surface area contributed by atoms with Crippen molar-refractivity contribution in [1.29, 1.82) is 0 Å². The second kappa shape index (κ2) is 12.2. The van der Waals surface area contributed by atoms with Crippen LogP contribution in [0.4, 0.5) is 5.69 Å². The summed E-state index contributed by atoms with van der Waals surface area (Å²) in [5.41, 5.74) is 1.97. The molecule has 3 N–H and O–H groups in total. The molecule has 0 unspecified atom stereocenters. The van der Waals surface area contributed by atoms with E-state index in [0.717, 1.165) is 43.0 Å². The number of carbonyl (C=O) groups excluding carboxylic acids is 1. The first-order chi connectivity index (χ1) is 13.7. The first kappa shape index (κ1) is 23.7. The molecule has 29 heavy (non-hydrogen) atoms. The summed E-state index contributed by atoms with van der Waals surface area (Å²) in [6.45, 7) is 3.59. The Hall–Kier alpha value is -1.61. The Bertz CT molecular complexity index is 815. The fourth-order valence-electron chi connectivity index (χ4n) is 3.48. The van der Waals surface area contributed by atoms with Gasteiger partial charge in [-0.25, -0.2) is 0 Å². The van der Waals surface area contributed by atoms with Crippen molar-refractivity contribution >= 4 is 52.9 Å². The number of amides is 1. The van der Waals surface area contributed by atoms with Gasteiger partial charge in [0.15, 0.2) is 5.96 Å². The van der Waals surface area contributed by atoms with Gasteiger partial charge in [-0.2, -0.15) is 0 Å².